The Morgan fingerprint density at radius 2 is 1.76 bits per heavy atom. The average molecular weight is 452 g/mol. The molecule has 0 amide bonds. The Kier molecular flexibility index (Phi) is 6.36. The van der Waals surface area contributed by atoms with E-state index in [1.807, 2.05) is 30.3 Å². The summed E-state index contributed by atoms with van der Waals surface area (Å²) in [6.45, 7) is 7.71. The predicted octanol–water partition coefficient (Wildman–Crippen LogP) is 5.50. The molecule has 2 heterocycles. The SMILES string of the molecule is CC(C)(C)c1ccc(C#Cc2ccc(C3=CCN=C(C4CCCN4)N3)cc2C(F)(F)F)cc1. The van der Waals surface area contributed by atoms with Crippen molar-refractivity contribution in [1.29, 1.82) is 0 Å². The van der Waals surface area contributed by atoms with Crippen LogP contribution in [0.15, 0.2) is 53.5 Å². The monoisotopic (exact) mass is 451 g/mol. The molecule has 3 nitrogen and oxygen atoms in total. The Morgan fingerprint density at radius 3 is 2.39 bits per heavy atom. The molecule has 2 aliphatic heterocycles. The quantitative estimate of drug-likeness (QED) is 0.592. The number of halogens is 3. The van der Waals surface area contributed by atoms with Gasteiger partial charge in [0.1, 0.15) is 5.84 Å². The molecule has 2 aromatic carbocycles. The fourth-order valence-corrected chi connectivity index (χ4v) is 4.02. The van der Waals surface area contributed by atoms with Crippen LogP contribution in [0.4, 0.5) is 13.2 Å². The Balaban J connectivity index is 1.60. The number of benzene rings is 2. The first-order valence-corrected chi connectivity index (χ1v) is 11.2. The smallest absolute Gasteiger partial charge is 0.342 e. The third-order valence-electron chi connectivity index (χ3n) is 5.94. The van der Waals surface area contributed by atoms with Gasteiger partial charge in [0.05, 0.1) is 18.2 Å². The fourth-order valence-electron chi connectivity index (χ4n) is 4.02. The maximum atomic E-state index is 13.9. The van der Waals surface area contributed by atoms with Gasteiger partial charge in [0, 0.05) is 16.8 Å². The van der Waals surface area contributed by atoms with Crippen molar-refractivity contribution in [2.75, 3.05) is 13.1 Å². The zero-order chi connectivity index (χ0) is 23.6. The first kappa shape index (κ1) is 23.1. The molecule has 2 aliphatic rings. The Bertz CT molecular complexity index is 1130. The van der Waals surface area contributed by atoms with E-state index in [0.29, 0.717) is 23.4 Å². The van der Waals surface area contributed by atoms with Gasteiger partial charge in [-0.25, -0.2) is 0 Å². The number of hydrogen-bond acceptors (Lipinski definition) is 3. The number of nitrogens with zero attached hydrogens (tertiary/aromatic N) is 1. The second kappa shape index (κ2) is 9.07. The summed E-state index contributed by atoms with van der Waals surface area (Å²) in [5.74, 6) is 6.41. The number of aliphatic imine (C=N–C) groups is 1. The van der Waals surface area contributed by atoms with Gasteiger partial charge in [0.25, 0.3) is 0 Å². The molecule has 4 rings (SSSR count). The highest BCUT2D eigenvalue weighted by molar-refractivity contribution is 5.96. The minimum Gasteiger partial charge on any atom is -0.342 e. The van der Waals surface area contributed by atoms with Gasteiger partial charge in [-0.1, -0.05) is 50.8 Å². The lowest BCUT2D eigenvalue weighted by molar-refractivity contribution is -0.137. The van der Waals surface area contributed by atoms with E-state index in [9.17, 15) is 13.2 Å². The van der Waals surface area contributed by atoms with E-state index in [-0.39, 0.29) is 17.0 Å². The van der Waals surface area contributed by atoms with E-state index in [2.05, 4.69) is 48.2 Å². The van der Waals surface area contributed by atoms with Crippen LogP contribution in [0, 0.1) is 11.8 Å². The molecule has 1 atom stereocenters. The lowest BCUT2D eigenvalue weighted by atomic mass is 9.87. The lowest BCUT2D eigenvalue weighted by Gasteiger charge is -2.22. The van der Waals surface area contributed by atoms with Crippen molar-refractivity contribution in [1.82, 2.24) is 10.6 Å². The second-order valence-corrected chi connectivity index (χ2v) is 9.45. The van der Waals surface area contributed by atoms with E-state index in [1.54, 1.807) is 6.07 Å². The molecule has 0 spiro atoms. The van der Waals surface area contributed by atoms with Crippen molar-refractivity contribution in [3.63, 3.8) is 0 Å². The second-order valence-electron chi connectivity index (χ2n) is 9.45. The molecule has 33 heavy (non-hydrogen) atoms. The van der Waals surface area contributed by atoms with Crippen molar-refractivity contribution >= 4 is 11.5 Å². The van der Waals surface area contributed by atoms with Gasteiger partial charge in [0.2, 0.25) is 0 Å². The standard InChI is InChI=1S/C27H28F3N3/c1-26(2,3)21-12-7-18(8-13-21)6-9-19-10-11-20(17-22(19)27(28,29)30)23-14-16-32-25(33-23)24-5-4-15-31-24/h7-8,10-14,17,24,31H,4-5,15-16H2,1-3H3,(H,32,33). The zero-order valence-electron chi connectivity index (χ0n) is 19.1. The molecule has 0 radical (unpaired) electrons. The lowest BCUT2D eigenvalue weighted by Crippen LogP contribution is -2.41. The van der Waals surface area contributed by atoms with E-state index < -0.39 is 11.7 Å². The Morgan fingerprint density at radius 1 is 1.00 bits per heavy atom. The van der Waals surface area contributed by atoms with Crippen molar-refractivity contribution < 1.29 is 13.2 Å². The van der Waals surface area contributed by atoms with Crippen molar-refractivity contribution in [3.05, 3.63) is 76.4 Å². The van der Waals surface area contributed by atoms with Gasteiger partial charge in [-0.2, -0.15) is 13.2 Å². The number of rotatable bonds is 2. The third kappa shape index (κ3) is 5.48. The maximum absolute atomic E-state index is 13.9. The summed E-state index contributed by atoms with van der Waals surface area (Å²) < 4.78 is 41.7. The van der Waals surface area contributed by atoms with E-state index in [0.717, 1.165) is 30.8 Å². The molecule has 172 valence electrons. The van der Waals surface area contributed by atoms with Gasteiger partial charge in [-0.05, 0) is 66.3 Å². The molecule has 2 aromatic rings. The minimum absolute atomic E-state index is 0.00544. The Hall–Kier alpha value is -3.04. The Labute approximate surface area is 193 Å². The molecule has 0 aliphatic carbocycles. The van der Waals surface area contributed by atoms with Crippen LogP contribution in [0.5, 0.6) is 0 Å². The number of alkyl halides is 3. The van der Waals surface area contributed by atoms with Gasteiger partial charge < -0.3 is 10.6 Å². The van der Waals surface area contributed by atoms with Crippen LogP contribution in [-0.2, 0) is 11.6 Å². The predicted molar refractivity (Wildman–Crippen MR) is 127 cm³/mol. The van der Waals surface area contributed by atoms with Gasteiger partial charge in [-0.3, -0.25) is 4.99 Å². The summed E-state index contributed by atoms with van der Waals surface area (Å²) in [4.78, 5) is 4.48. The van der Waals surface area contributed by atoms with Crippen molar-refractivity contribution in [2.24, 2.45) is 4.99 Å². The number of hydrogen-bond donors (Lipinski definition) is 2. The van der Waals surface area contributed by atoms with Gasteiger partial charge >= 0.3 is 6.18 Å². The summed E-state index contributed by atoms with van der Waals surface area (Å²) >= 11 is 0. The highest BCUT2D eigenvalue weighted by atomic mass is 19.4. The van der Waals surface area contributed by atoms with E-state index >= 15 is 0 Å². The number of amidine groups is 1. The zero-order valence-corrected chi connectivity index (χ0v) is 19.1. The van der Waals surface area contributed by atoms with Crippen LogP contribution in [-0.4, -0.2) is 25.0 Å². The summed E-state index contributed by atoms with van der Waals surface area (Å²) in [6, 6.07) is 12.1. The van der Waals surface area contributed by atoms with Crippen LogP contribution in [0.2, 0.25) is 0 Å². The van der Waals surface area contributed by atoms with Crippen molar-refractivity contribution in [2.45, 2.75) is 51.2 Å². The first-order valence-electron chi connectivity index (χ1n) is 11.2. The summed E-state index contributed by atoms with van der Waals surface area (Å²) in [5, 5.41) is 6.60. The molecule has 1 fully saturated rings. The molecule has 0 aromatic heterocycles. The van der Waals surface area contributed by atoms with E-state index in [1.165, 1.54) is 12.1 Å². The number of nitrogens with one attached hydrogen (secondary N) is 2. The average Bonchev–Trinajstić information content (AvgIpc) is 3.32. The molecule has 1 unspecified atom stereocenters. The minimum atomic E-state index is -4.50. The van der Waals surface area contributed by atoms with Crippen LogP contribution < -0.4 is 10.6 Å². The normalized spacial score (nSPS) is 18.7. The molecule has 0 bridgehead atoms. The largest absolute Gasteiger partial charge is 0.417 e. The summed E-state index contributed by atoms with van der Waals surface area (Å²) in [7, 11) is 0. The van der Waals surface area contributed by atoms with Crippen LogP contribution >= 0.6 is 0 Å². The summed E-state index contributed by atoms with van der Waals surface area (Å²) in [5.41, 5.74) is 2.20. The first-order chi connectivity index (χ1) is 15.6. The molecular weight excluding hydrogens is 423 g/mol. The van der Waals surface area contributed by atoms with E-state index in [4.69, 9.17) is 0 Å². The van der Waals surface area contributed by atoms with Crippen molar-refractivity contribution in [3.8, 4) is 11.8 Å². The van der Waals surface area contributed by atoms with Crippen LogP contribution in [0.25, 0.3) is 5.70 Å². The molecule has 1 saturated heterocycles. The molecule has 2 N–H and O–H groups in total. The topological polar surface area (TPSA) is 36.4 Å². The molecular formula is C27H28F3N3. The molecule has 0 saturated carbocycles. The van der Waals surface area contributed by atoms with Crippen LogP contribution in [0.1, 0.15) is 61.4 Å². The summed E-state index contributed by atoms with van der Waals surface area (Å²) in [6.07, 6.45) is -0.654. The maximum Gasteiger partial charge on any atom is 0.417 e. The van der Waals surface area contributed by atoms with Crippen LogP contribution in [0.3, 0.4) is 0 Å². The third-order valence-corrected chi connectivity index (χ3v) is 5.94. The highest BCUT2D eigenvalue weighted by Crippen LogP contribution is 2.34. The highest BCUT2D eigenvalue weighted by Gasteiger charge is 2.34. The van der Waals surface area contributed by atoms with Gasteiger partial charge in [0.15, 0.2) is 0 Å². The fraction of sp³-hybridized carbons (Fsp3) is 0.370. The molecule has 6 heteroatoms. The van der Waals surface area contributed by atoms with Gasteiger partial charge in [-0.15, -0.1) is 0 Å².